The lowest BCUT2D eigenvalue weighted by Gasteiger charge is -2.32. The van der Waals surface area contributed by atoms with Crippen LogP contribution in [0.4, 0.5) is 8.78 Å². The van der Waals surface area contributed by atoms with E-state index in [0.717, 1.165) is 25.0 Å². The summed E-state index contributed by atoms with van der Waals surface area (Å²) < 4.78 is 31.2. The molecule has 1 unspecified atom stereocenters. The number of likely N-dealkylation sites (tertiary alicyclic amines) is 1. The molecule has 1 aliphatic heterocycles. The third-order valence-electron chi connectivity index (χ3n) is 3.43. The van der Waals surface area contributed by atoms with E-state index < -0.39 is 11.6 Å². The molecule has 0 radical (unpaired) electrons. The first kappa shape index (κ1) is 17.7. The SMILES string of the molecule is CNC1CCCN(C(=O)COc2ccc(F)cc2F)C1.Cl. The number of likely N-dealkylation sites (N-methyl/N-ethyl adjacent to an activating group) is 1. The fourth-order valence-electron chi connectivity index (χ4n) is 2.26. The molecule has 1 aromatic carbocycles. The lowest BCUT2D eigenvalue weighted by Crippen LogP contribution is -2.48. The van der Waals surface area contributed by atoms with E-state index in [2.05, 4.69) is 5.32 Å². The molecule has 0 aromatic heterocycles. The van der Waals surface area contributed by atoms with Gasteiger partial charge < -0.3 is 15.0 Å². The number of carbonyl (C=O) groups is 1. The van der Waals surface area contributed by atoms with Crippen LogP contribution in [0.25, 0.3) is 0 Å². The maximum absolute atomic E-state index is 13.4. The van der Waals surface area contributed by atoms with Crippen molar-refractivity contribution in [3.05, 3.63) is 29.8 Å². The summed E-state index contributed by atoms with van der Waals surface area (Å²) in [6.45, 7) is 1.08. The van der Waals surface area contributed by atoms with E-state index in [1.807, 2.05) is 7.05 Å². The van der Waals surface area contributed by atoms with Crippen molar-refractivity contribution in [2.24, 2.45) is 0 Å². The quantitative estimate of drug-likeness (QED) is 0.922. The van der Waals surface area contributed by atoms with Crippen molar-refractivity contribution in [2.75, 3.05) is 26.7 Å². The van der Waals surface area contributed by atoms with Gasteiger partial charge in [-0.25, -0.2) is 8.78 Å². The highest BCUT2D eigenvalue weighted by molar-refractivity contribution is 5.85. The highest BCUT2D eigenvalue weighted by Crippen LogP contribution is 2.18. The molecule has 7 heteroatoms. The third kappa shape index (κ3) is 4.82. The van der Waals surface area contributed by atoms with Crippen LogP contribution in [0.15, 0.2) is 18.2 Å². The first-order valence-corrected chi connectivity index (χ1v) is 6.63. The lowest BCUT2D eigenvalue weighted by atomic mass is 10.1. The Balaban J connectivity index is 0.00000220. The normalized spacial score (nSPS) is 18.0. The Kier molecular flexibility index (Phi) is 6.84. The minimum absolute atomic E-state index is 0. The summed E-state index contributed by atoms with van der Waals surface area (Å²) in [5, 5.41) is 3.14. The molecule has 4 nitrogen and oxygen atoms in total. The second-order valence-corrected chi connectivity index (χ2v) is 4.83. The molecule has 1 N–H and O–H groups in total. The van der Waals surface area contributed by atoms with E-state index in [9.17, 15) is 13.6 Å². The molecule has 1 fully saturated rings. The number of hydrogen-bond acceptors (Lipinski definition) is 3. The number of carbonyl (C=O) groups excluding carboxylic acids is 1. The predicted molar refractivity (Wildman–Crippen MR) is 77.8 cm³/mol. The van der Waals surface area contributed by atoms with Crippen LogP contribution >= 0.6 is 12.4 Å². The summed E-state index contributed by atoms with van der Waals surface area (Å²) in [6.07, 6.45) is 1.97. The van der Waals surface area contributed by atoms with Gasteiger partial charge in [-0.1, -0.05) is 0 Å². The summed E-state index contributed by atoms with van der Waals surface area (Å²) in [5.74, 6) is -1.77. The van der Waals surface area contributed by atoms with Crippen LogP contribution in [0.3, 0.4) is 0 Å². The number of rotatable bonds is 4. The van der Waals surface area contributed by atoms with Crippen molar-refractivity contribution in [1.29, 1.82) is 0 Å². The zero-order chi connectivity index (χ0) is 14.5. The molecule has 1 aromatic rings. The van der Waals surface area contributed by atoms with Gasteiger partial charge in [0.1, 0.15) is 5.82 Å². The highest BCUT2D eigenvalue weighted by atomic mass is 35.5. The summed E-state index contributed by atoms with van der Waals surface area (Å²) >= 11 is 0. The summed E-state index contributed by atoms with van der Waals surface area (Å²) in [4.78, 5) is 13.7. The predicted octanol–water partition coefficient (Wildman–Crippen LogP) is 1.98. The molecular formula is C14H19ClF2N2O2. The van der Waals surface area contributed by atoms with Gasteiger partial charge in [0.25, 0.3) is 5.91 Å². The van der Waals surface area contributed by atoms with Gasteiger partial charge >= 0.3 is 0 Å². The Labute approximate surface area is 128 Å². The summed E-state index contributed by atoms with van der Waals surface area (Å²) in [7, 11) is 1.86. The molecule has 0 saturated carbocycles. The number of amides is 1. The standard InChI is InChI=1S/C14H18F2N2O2.ClH/c1-17-11-3-2-6-18(8-11)14(19)9-20-13-5-4-10(15)7-12(13)16;/h4-5,7,11,17H,2-3,6,8-9H2,1H3;1H. The van der Waals surface area contributed by atoms with Crippen molar-refractivity contribution in [3.63, 3.8) is 0 Å². The van der Waals surface area contributed by atoms with E-state index in [1.165, 1.54) is 6.07 Å². The van der Waals surface area contributed by atoms with E-state index in [1.54, 1.807) is 4.90 Å². The van der Waals surface area contributed by atoms with Crippen LogP contribution in [0.1, 0.15) is 12.8 Å². The van der Waals surface area contributed by atoms with Crippen molar-refractivity contribution >= 4 is 18.3 Å². The zero-order valence-corrected chi connectivity index (χ0v) is 12.6. The molecule has 2 rings (SSSR count). The van der Waals surface area contributed by atoms with Gasteiger partial charge in [-0.15, -0.1) is 12.4 Å². The third-order valence-corrected chi connectivity index (χ3v) is 3.43. The fourth-order valence-corrected chi connectivity index (χ4v) is 2.26. The van der Waals surface area contributed by atoms with E-state index in [-0.39, 0.29) is 36.7 Å². The molecule has 1 amide bonds. The topological polar surface area (TPSA) is 41.6 Å². The average Bonchev–Trinajstić information content (AvgIpc) is 2.46. The van der Waals surface area contributed by atoms with Crippen LogP contribution in [-0.2, 0) is 4.79 Å². The Morgan fingerprint density at radius 2 is 2.24 bits per heavy atom. The molecule has 1 heterocycles. The molecule has 1 saturated heterocycles. The average molecular weight is 321 g/mol. The van der Waals surface area contributed by atoms with E-state index >= 15 is 0 Å². The molecule has 0 aliphatic carbocycles. The number of halogens is 3. The maximum Gasteiger partial charge on any atom is 0.260 e. The fraction of sp³-hybridized carbons (Fsp3) is 0.500. The highest BCUT2D eigenvalue weighted by Gasteiger charge is 2.23. The van der Waals surface area contributed by atoms with Gasteiger partial charge in [0.2, 0.25) is 0 Å². The second kappa shape index (κ2) is 8.14. The van der Waals surface area contributed by atoms with Crippen LogP contribution in [-0.4, -0.2) is 43.6 Å². The number of ether oxygens (including phenoxy) is 1. The monoisotopic (exact) mass is 320 g/mol. The van der Waals surface area contributed by atoms with Crippen molar-refractivity contribution in [1.82, 2.24) is 10.2 Å². The Morgan fingerprint density at radius 3 is 2.90 bits per heavy atom. The maximum atomic E-state index is 13.4. The zero-order valence-electron chi connectivity index (χ0n) is 11.8. The number of benzene rings is 1. The van der Waals surface area contributed by atoms with Crippen molar-refractivity contribution < 1.29 is 18.3 Å². The van der Waals surface area contributed by atoms with Crippen LogP contribution in [0.2, 0.25) is 0 Å². The van der Waals surface area contributed by atoms with Crippen LogP contribution in [0.5, 0.6) is 5.75 Å². The molecule has 1 atom stereocenters. The molecule has 0 bridgehead atoms. The van der Waals surface area contributed by atoms with Crippen molar-refractivity contribution in [2.45, 2.75) is 18.9 Å². The van der Waals surface area contributed by atoms with E-state index in [4.69, 9.17) is 4.74 Å². The van der Waals surface area contributed by atoms with Crippen molar-refractivity contribution in [3.8, 4) is 5.75 Å². The smallest absolute Gasteiger partial charge is 0.260 e. The summed E-state index contributed by atoms with van der Waals surface area (Å²) in [6, 6.07) is 3.30. The van der Waals surface area contributed by atoms with Gasteiger partial charge in [0.05, 0.1) is 0 Å². The minimum Gasteiger partial charge on any atom is -0.481 e. The Hall–Kier alpha value is -1.40. The number of nitrogens with zero attached hydrogens (tertiary/aromatic N) is 1. The van der Waals surface area contributed by atoms with Gasteiger partial charge in [-0.2, -0.15) is 0 Å². The molecule has 1 aliphatic rings. The minimum atomic E-state index is -0.801. The van der Waals surface area contributed by atoms with Crippen LogP contribution < -0.4 is 10.1 Å². The van der Waals surface area contributed by atoms with Gasteiger partial charge in [-0.05, 0) is 32.0 Å². The van der Waals surface area contributed by atoms with Gasteiger partial charge in [-0.3, -0.25) is 4.79 Å². The van der Waals surface area contributed by atoms with E-state index in [0.29, 0.717) is 13.1 Å². The number of nitrogens with one attached hydrogen (secondary N) is 1. The van der Waals surface area contributed by atoms with Crippen LogP contribution in [0, 0.1) is 11.6 Å². The van der Waals surface area contributed by atoms with Gasteiger partial charge in [0, 0.05) is 25.2 Å². The van der Waals surface area contributed by atoms with Gasteiger partial charge in [0.15, 0.2) is 18.2 Å². The molecule has 0 spiro atoms. The molecule has 118 valence electrons. The lowest BCUT2D eigenvalue weighted by molar-refractivity contribution is -0.134. The second-order valence-electron chi connectivity index (χ2n) is 4.83. The number of piperidine rings is 1. The Bertz CT molecular complexity index is 488. The molecular weight excluding hydrogens is 302 g/mol. The molecule has 21 heavy (non-hydrogen) atoms. The number of hydrogen-bond donors (Lipinski definition) is 1. The first-order valence-electron chi connectivity index (χ1n) is 6.63. The Morgan fingerprint density at radius 1 is 1.48 bits per heavy atom. The first-order chi connectivity index (χ1) is 9.60. The summed E-state index contributed by atoms with van der Waals surface area (Å²) in [5.41, 5.74) is 0. The largest absolute Gasteiger partial charge is 0.481 e.